The molecule has 1 fully saturated rings. The molecule has 1 amide bonds. The van der Waals surface area contributed by atoms with E-state index in [-0.39, 0.29) is 11.3 Å². The maximum Gasteiger partial charge on any atom is 0.225 e. The number of carbonyl (C=O) groups excluding carboxylic acids is 1. The van der Waals surface area contributed by atoms with Crippen LogP contribution in [0.1, 0.15) is 46.5 Å². The van der Waals surface area contributed by atoms with Crippen molar-refractivity contribution in [1.29, 1.82) is 0 Å². The van der Waals surface area contributed by atoms with Crippen molar-refractivity contribution in [3.8, 4) is 0 Å². The summed E-state index contributed by atoms with van der Waals surface area (Å²) >= 11 is 0. The highest BCUT2D eigenvalue weighted by Crippen LogP contribution is 2.38. The highest BCUT2D eigenvalue weighted by molar-refractivity contribution is 5.82. The van der Waals surface area contributed by atoms with E-state index in [2.05, 4.69) is 19.2 Å². The lowest BCUT2D eigenvalue weighted by Gasteiger charge is -2.35. The predicted octanol–water partition coefficient (Wildman–Crippen LogP) is 2.34. The highest BCUT2D eigenvalue weighted by Gasteiger charge is 2.36. The first kappa shape index (κ1) is 10.6. The Labute approximate surface area is 81.1 Å². The van der Waals surface area contributed by atoms with E-state index in [0.717, 1.165) is 19.4 Å². The molecule has 2 unspecified atom stereocenters. The summed E-state index contributed by atoms with van der Waals surface area (Å²) in [5, 5.41) is 2.94. The smallest absolute Gasteiger partial charge is 0.225 e. The van der Waals surface area contributed by atoms with Crippen molar-refractivity contribution in [2.75, 3.05) is 6.54 Å². The van der Waals surface area contributed by atoms with E-state index in [9.17, 15) is 4.79 Å². The Kier molecular flexibility index (Phi) is 3.34. The van der Waals surface area contributed by atoms with Crippen molar-refractivity contribution in [1.82, 2.24) is 5.32 Å². The van der Waals surface area contributed by atoms with Gasteiger partial charge in [0.05, 0.1) is 0 Å². The molecule has 0 bridgehead atoms. The van der Waals surface area contributed by atoms with Crippen molar-refractivity contribution in [3.63, 3.8) is 0 Å². The molecule has 0 saturated heterocycles. The molecule has 1 N–H and O–H groups in total. The van der Waals surface area contributed by atoms with E-state index in [1.54, 1.807) is 0 Å². The van der Waals surface area contributed by atoms with Crippen LogP contribution in [0.3, 0.4) is 0 Å². The van der Waals surface area contributed by atoms with Crippen molar-refractivity contribution in [2.24, 2.45) is 11.3 Å². The van der Waals surface area contributed by atoms with E-state index in [1.165, 1.54) is 12.8 Å². The van der Waals surface area contributed by atoms with Crippen LogP contribution < -0.4 is 5.32 Å². The molecule has 0 aromatic heterocycles. The van der Waals surface area contributed by atoms with Crippen LogP contribution in [0.25, 0.3) is 0 Å². The quantitative estimate of drug-likeness (QED) is 0.699. The van der Waals surface area contributed by atoms with Crippen LogP contribution in [0.4, 0.5) is 0 Å². The molecular weight excluding hydrogens is 162 g/mol. The summed E-state index contributed by atoms with van der Waals surface area (Å²) in [6, 6.07) is 0. The zero-order valence-electron chi connectivity index (χ0n) is 9.02. The van der Waals surface area contributed by atoms with Crippen LogP contribution in [0.2, 0.25) is 0 Å². The first-order chi connectivity index (χ1) is 6.08. The van der Waals surface area contributed by atoms with Crippen LogP contribution in [-0.4, -0.2) is 12.5 Å². The van der Waals surface area contributed by atoms with E-state index in [1.807, 2.05) is 6.92 Å². The lowest BCUT2D eigenvalue weighted by atomic mass is 9.71. The van der Waals surface area contributed by atoms with Crippen molar-refractivity contribution in [3.05, 3.63) is 0 Å². The SMILES string of the molecule is CCNC(=O)C1(C)CCCC(C)C1. The summed E-state index contributed by atoms with van der Waals surface area (Å²) in [5.41, 5.74) is -0.0896. The molecule has 0 radical (unpaired) electrons. The number of rotatable bonds is 2. The topological polar surface area (TPSA) is 29.1 Å². The molecule has 76 valence electrons. The number of carbonyl (C=O) groups is 1. The third kappa shape index (κ3) is 2.45. The van der Waals surface area contributed by atoms with Gasteiger partial charge in [0.1, 0.15) is 0 Å². The van der Waals surface area contributed by atoms with Crippen molar-refractivity contribution >= 4 is 5.91 Å². The van der Waals surface area contributed by atoms with Crippen molar-refractivity contribution < 1.29 is 4.79 Å². The first-order valence-corrected chi connectivity index (χ1v) is 5.37. The molecule has 0 aliphatic heterocycles. The van der Waals surface area contributed by atoms with Gasteiger partial charge in [-0.25, -0.2) is 0 Å². The monoisotopic (exact) mass is 183 g/mol. The zero-order valence-corrected chi connectivity index (χ0v) is 9.02. The maximum atomic E-state index is 11.8. The Hall–Kier alpha value is -0.530. The molecule has 1 rings (SSSR count). The lowest BCUT2D eigenvalue weighted by molar-refractivity contribution is -0.132. The van der Waals surface area contributed by atoms with Gasteiger partial charge in [-0.15, -0.1) is 0 Å². The van der Waals surface area contributed by atoms with Crippen molar-refractivity contribution in [2.45, 2.75) is 46.5 Å². The zero-order chi connectivity index (χ0) is 9.90. The Bertz CT molecular complexity index is 191. The standard InChI is InChI=1S/C11H21NO/c1-4-12-10(13)11(3)7-5-6-9(2)8-11/h9H,4-8H2,1-3H3,(H,12,13). The van der Waals surface area contributed by atoms with E-state index < -0.39 is 0 Å². The Morgan fingerprint density at radius 3 is 2.85 bits per heavy atom. The van der Waals surface area contributed by atoms with Crippen LogP contribution in [-0.2, 0) is 4.79 Å². The normalized spacial score (nSPS) is 34.2. The van der Waals surface area contributed by atoms with Gasteiger partial charge in [-0.2, -0.15) is 0 Å². The maximum absolute atomic E-state index is 11.8. The third-order valence-electron chi connectivity index (χ3n) is 3.11. The van der Waals surface area contributed by atoms with Crippen LogP contribution in [0.15, 0.2) is 0 Å². The van der Waals surface area contributed by atoms with E-state index >= 15 is 0 Å². The largest absolute Gasteiger partial charge is 0.356 e. The summed E-state index contributed by atoms with van der Waals surface area (Å²) in [7, 11) is 0. The second kappa shape index (κ2) is 4.12. The van der Waals surface area contributed by atoms with Gasteiger partial charge in [-0.1, -0.05) is 26.7 Å². The number of hydrogen-bond donors (Lipinski definition) is 1. The average Bonchev–Trinajstić information content (AvgIpc) is 2.04. The molecule has 0 aromatic rings. The minimum Gasteiger partial charge on any atom is -0.356 e. The molecule has 2 heteroatoms. The molecule has 1 aliphatic rings. The summed E-state index contributed by atoms with van der Waals surface area (Å²) in [4.78, 5) is 11.8. The summed E-state index contributed by atoms with van der Waals surface area (Å²) in [6.45, 7) is 7.08. The molecule has 13 heavy (non-hydrogen) atoms. The van der Waals surface area contributed by atoms with Gasteiger partial charge in [0.15, 0.2) is 0 Å². The summed E-state index contributed by atoms with van der Waals surface area (Å²) in [6.07, 6.45) is 4.60. The van der Waals surface area contributed by atoms with Gasteiger partial charge in [0.25, 0.3) is 0 Å². The highest BCUT2D eigenvalue weighted by atomic mass is 16.2. The molecule has 0 heterocycles. The first-order valence-electron chi connectivity index (χ1n) is 5.37. The second-order valence-corrected chi connectivity index (χ2v) is 4.62. The van der Waals surface area contributed by atoms with Crippen LogP contribution >= 0.6 is 0 Å². The van der Waals surface area contributed by atoms with Gasteiger partial charge >= 0.3 is 0 Å². The molecule has 1 aliphatic carbocycles. The summed E-state index contributed by atoms with van der Waals surface area (Å²) in [5.74, 6) is 0.961. The second-order valence-electron chi connectivity index (χ2n) is 4.62. The molecule has 1 saturated carbocycles. The fraction of sp³-hybridized carbons (Fsp3) is 0.909. The lowest BCUT2D eigenvalue weighted by Crippen LogP contribution is -2.41. The van der Waals surface area contributed by atoms with Gasteiger partial charge in [0, 0.05) is 12.0 Å². The predicted molar refractivity (Wildman–Crippen MR) is 54.4 cm³/mol. The fourth-order valence-corrected chi connectivity index (χ4v) is 2.39. The van der Waals surface area contributed by atoms with Gasteiger partial charge in [-0.3, -0.25) is 4.79 Å². The Morgan fingerprint density at radius 1 is 1.62 bits per heavy atom. The van der Waals surface area contributed by atoms with Gasteiger partial charge in [0.2, 0.25) is 5.91 Å². The summed E-state index contributed by atoms with van der Waals surface area (Å²) < 4.78 is 0. The fourth-order valence-electron chi connectivity index (χ4n) is 2.39. The average molecular weight is 183 g/mol. The van der Waals surface area contributed by atoms with Gasteiger partial charge in [-0.05, 0) is 25.7 Å². The Morgan fingerprint density at radius 2 is 2.31 bits per heavy atom. The molecular formula is C11H21NO. The Balaban J connectivity index is 2.57. The van der Waals surface area contributed by atoms with Crippen LogP contribution in [0, 0.1) is 11.3 Å². The molecule has 2 atom stereocenters. The molecule has 0 spiro atoms. The number of hydrogen-bond acceptors (Lipinski definition) is 1. The van der Waals surface area contributed by atoms with E-state index in [0.29, 0.717) is 5.92 Å². The van der Waals surface area contributed by atoms with Crippen LogP contribution in [0.5, 0.6) is 0 Å². The number of amides is 1. The third-order valence-corrected chi connectivity index (χ3v) is 3.11. The van der Waals surface area contributed by atoms with E-state index in [4.69, 9.17) is 0 Å². The molecule has 2 nitrogen and oxygen atoms in total. The minimum absolute atomic E-state index is 0.0896. The molecule has 0 aromatic carbocycles. The van der Waals surface area contributed by atoms with Gasteiger partial charge < -0.3 is 5.32 Å². The minimum atomic E-state index is -0.0896. The number of nitrogens with one attached hydrogen (secondary N) is 1.